The monoisotopic (exact) mass is 462 g/mol. The minimum absolute atomic E-state index is 0.0330. The second-order valence-electron chi connectivity index (χ2n) is 10.2. The fourth-order valence-electron chi connectivity index (χ4n) is 4.78. The van der Waals surface area contributed by atoms with Crippen molar-refractivity contribution in [3.8, 4) is 5.75 Å². The van der Waals surface area contributed by atoms with Crippen molar-refractivity contribution in [1.29, 1.82) is 0 Å². The average molecular weight is 463 g/mol. The number of para-hydroxylation sites is 1. The number of amides is 1. The molecule has 1 N–H and O–H groups in total. The van der Waals surface area contributed by atoms with Crippen LogP contribution in [0.2, 0.25) is 0 Å². The molecule has 0 aliphatic carbocycles. The Hall–Kier alpha value is -2.86. The molecule has 0 saturated carbocycles. The summed E-state index contributed by atoms with van der Waals surface area (Å²) in [7, 11) is 0. The van der Waals surface area contributed by atoms with Gasteiger partial charge in [0, 0.05) is 12.2 Å². The van der Waals surface area contributed by atoms with Crippen LogP contribution in [0.15, 0.2) is 42.5 Å². The summed E-state index contributed by atoms with van der Waals surface area (Å²) in [4.78, 5) is 20.1. The summed E-state index contributed by atoms with van der Waals surface area (Å²) in [6.07, 6.45) is 5.19. The van der Waals surface area contributed by atoms with Gasteiger partial charge in [-0.15, -0.1) is 0 Å². The Balaban J connectivity index is 1.44. The van der Waals surface area contributed by atoms with E-state index in [1.165, 1.54) is 25.7 Å². The van der Waals surface area contributed by atoms with E-state index >= 15 is 0 Å². The van der Waals surface area contributed by atoms with Crippen LogP contribution in [0.4, 0.5) is 5.69 Å². The van der Waals surface area contributed by atoms with Crippen LogP contribution >= 0.6 is 0 Å². The molecule has 2 heterocycles. The van der Waals surface area contributed by atoms with Gasteiger partial charge in [-0.3, -0.25) is 9.69 Å². The fourth-order valence-corrected chi connectivity index (χ4v) is 4.78. The first-order valence-corrected chi connectivity index (χ1v) is 12.6. The number of rotatable bonds is 7. The summed E-state index contributed by atoms with van der Waals surface area (Å²) in [6.45, 7) is 12.6. The highest BCUT2D eigenvalue weighted by Crippen LogP contribution is 2.31. The quantitative estimate of drug-likeness (QED) is 0.486. The van der Waals surface area contributed by atoms with Crippen molar-refractivity contribution in [2.75, 3.05) is 25.0 Å². The van der Waals surface area contributed by atoms with Gasteiger partial charge in [-0.25, -0.2) is 4.98 Å². The third-order valence-electron chi connectivity index (χ3n) is 6.54. The van der Waals surface area contributed by atoms with E-state index in [2.05, 4.69) is 54.6 Å². The molecule has 0 radical (unpaired) electrons. The Kier molecular flexibility index (Phi) is 7.57. The molecule has 2 aromatic carbocycles. The van der Waals surface area contributed by atoms with Gasteiger partial charge >= 0.3 is 0 Å². The summed E-state index contributed by atoms with van der Waals surface area (Å²) in [5.41, 5.74) is 3.81. The van der Waals surface area contributed by atoms with E-state index in [4.69, 9.17) is 9.72 Å². The molecule has 182 valence electrons. The number of hydrogen-bond acceptors (Lipinski definition) is 4. The van der Waals surface area contributed by atoms with Crippen LogP contribution in [0, 0.1) is 0 Å². The Morgan fingerprint density at radius 3 is 2.50 bits per heavy atom. The first kappa shape index (κ1) is 24.3. The topological polar surface area (TPSA) is 59.4 Å². The minimum atomic E-state index is -0.178. The number of carbonyl (C=O) groups is 1. The summed E-state index contributed by atoms with van der Waals surface area (Å²) in [5.74, 6) is 1.67. The Morgan fingerprint density at radius 2 is 1.79 bits per heavy atom. The van der Waals surface area contributed by atoms with E-state index in [0.717, 1.165) is 60.0 Å². The van der Waals surface area contributed by atoms with Crippen LogP contribution in [-0.4, -0.2) is 40.1 Å². The van der Waals surface area contributed by atoms with Crippen LogP contribution < -0.4 is 10.1 Å². The summed E-state index contributed by atoms with van der Waals surface area (Å²) in [5, 5.41) is 2.98. The van der Waals surface area contributed by atoms with Gasteiger partial charge in [0.1, 0.15) is 11.6 Å². The third kappa shape index (κ3) is 5.79. The number of ether oxygens (including phenoxy) is 1. The molecular formula is C28H38N4O2. The largest absolute Gasteiger partial charge is 0.483 e. The molecule has 0 atom stereocenters. The molecule has 6 nitrogen and oxygen atoms in total. The lowest BCUT2D eigenvalue weighted by molar-refractivity contribution is -0.118. The number of anilines is 1. The molecule has 1 fully saturated rings. The molecule has 1 aromatic heterocycles. The van der Waals surface area contributed by atoms with Crippen LogP contribution in [0.1, 0.15) is 64.8 Å². The zero-order chi connectivity index (χ0) is 24.1. The Bertz CT molecular complexity index is 1120. The summed E-state index contributed by atoms with van der Waals surface area (Å²) in [6, 6.07) is 13.9. The maximum atomic E-state index is 12.6. The van der Waals surface area contributed by atoms with Crippen LogP contribution in [0.3, 0.4) is 0 Å². The molecule has 6 heteroatoms. The zero-order valence-electron chi connectivity index (χ0n) is 21.1. The van der Waals surface area contributed by atoms with Crippen molar-refractivity contribution in [1.82, 2.24) is 14.5 Å². The number of nitrogens with one attached hydrogen (secondary N) is 1. The SMILES string of the molecule is CCn1c(CN2CCCCCC2)nc2cc(NC(=O)COc3ccccc3C(C)(C)C)ccc21. The van der Waals surface area contributed by atoms with Crippen LogP contribution in [0.25, 0.3) is 11.0 Å². The van der Waals surface area contributed by atoms with Gasteiger partial charge in [0.15, 0.2) is 6.61 Å². The fraction of sp³-hybridized carbons (Fsp3) is 0.500. The number of aromatic nitrogens is 2. The van der Waals surface area contributed by atoms with Crippen molar-refractivity contribution in [2.45, 2.75) is 71.9 Å². The first-order chi connectivity index (χ1) is 16.3. The predicted octanol–water partition coefficient (Wildman–Crippen LogP) is 5.75. The van der Waals surface area contributed by atoms with Gasteiger partial charge in [0.2, 0.25) is 0 Å². The number of likely N-dealkylation sites (tertiary alicyclic amines) is 1. The molecule has 1 saturated heterocycles. The van der Waals surface area contributed by atoms with Crippen LogP contribution in [0.5, 0.6) is 5.75 Å². The van der Waals surface area contributed by atoms with Crippen molar-refractivity contribution in [3.05, 3.63) is 53.9 Å². The highest BCUT2D eigenvalue weighted by Gasteiger charge is 2.19. The lowest BCUT2D eigenvalue weighted by atomic mass is 9.86. The molecule has 4 rings (SSSR count). The lowest BCUT2D eigenvalue weighted by Crippen LogP contribution is -2.25. The molecule has 1 amide bonds. The van der Waals surface area contributed by atoms with Gasteiger partial charge in [0.05, 0.1) is 17.6 Å². The third-order valence-corrected chi connectivity index (χ3v) is 6.54. The standard InChI is InChI=1S/C28H38N4O2/c1-5-32-24-15-14-21(18-23(24)30-26(32)19-31-16-10-6-7-11-17-31)29-27(33)20-34-25-13-9-8-12-22(25)28(2,3)4/h8-9,12-15,18H,5-7,10-11,16-17,19-20H2,1-4H3,(H,29,33). The number of aryl methyl sites for hydroxylation is 1. The van der Waals surface area contributed by atoms with Gasteiger partial charge in [-0.1, -0.05) is 51.8 Å². The van der Waals surface area contributed by atoms with Gasteiger partial charge in [0.25, 0.3) is 5.91 Å². The highest BCUT2D eigenvalue weighted by molar-refractivity contribution is 5.94. The number of imidazole rings is 1. The number of hydrogen-bond donors (Lipinski definition) is 1. The van der Waals surface area contributed by atoms with Crippen molar-refractivity contribution >= 4 is 22.6 Å². The molecular weight excluding hydrogens is 424 g/mol. The lowest BCUT2D eigenvalue weighted by Gasteiger charge is -2.22. The van der Waals surface area contributed by atoms with E-state index < -0.39 is 0 Å². The number of benzene rings is 2. The van der Waals surface area contributed by atoms with E-state index in [1.807, 2.05) is 30.3 Å². The number of fused-ring (bicyclic) bond motifs is 1. The van der Waals surface area contributed by atoms with E-state index in [1.54, 1.807) is 0 Å². The van der Waals surface area contributed by atoms with E-state index in [9.17, 15) is 4.79 Å². The number of nitrogens with zero attached hydrogens (tertiary/aromatic N) is 3. The molecule has 34 heavy (non-hydrogen) atoms. The first-order valence-electron chi connectivity index (χ1n) is 12.6. The van der Waals surface area contributed by atoms with Gasteiger partial charge in [-0.2, -0.15) is 0 Å². The molecule has 1 aliphatic rings. The summed E-state index contributed by atoms with van der Waals surface area (Å²) >= 11 is 0. The van der Waals surface area contributed by atoms with Crippen molar-refractivity contribution < 1.29 is 9.53 Å². The highest BCUT2D eigenvalue weighted by atomic mass is 16.5. The van der Waals surface area contributed by atoms with Crippen LogP contribution in [-0.2, 0) is 23.3 Å². The molecule has 0 spiro atoms. The van der Waals surface area contributed by atoms with Crippen molar-refractivity contribution in [2.24, 2.45) is 0 Å². The van der Waals surface area contributed by atoms with E-state index in [-0.39, 0.29) is 17.9 Å². The summed E-state index contributed by atoms with van der Waals surface area (Å²) < 4.78 is 8.17. The number of carbonyl (C=O) groups excluding carboxylic acids is 1. The van der Waals surface area contributed by atoms with Crippen molar-refractivity contribution in [3.63, 3.8) is 0 Å². The molecule has 1 aliphatic heterocycles. The van der Waals surface area contributed by atoms with Gasteiger partial charge in [-0.05, 0) is 68.1 Å². The maximum Gasteiger partial charge on any atom is 0.262 e. The minimum Gasteiger partial charge on any atom is -0.483 e. The smallest absolute Gasteiger partial charge is 0.262 e. The second kappa shape index (κ2) is 10.6. The maximum absolute atomic E-state index is 12.6. The normalized spacial score (nSPS) is 15.3. The predicted molar refractivity (Wildman–Crippen MR) is 138 cm³/mol. The van der Waals surface area contributed by atoms with E-state index in [0.29, 0.717) is 0 Å². The van der Waals surface area contributed by atoms with Gasteiger partial charge < -0.3 is 14.6 Å². The Morgan fingerprint density at radius 1 is 1.06 bits per heavy atom. The molecule has 0 bridgehead atoms. The zero-order valence-corrected chi connectivity index (χ0v) is 21.1. The molecule has 0 unspecified atom stereocenters. The average Bonchev–Trinajstić information content (AvgIpc) is 2.94. The molecule has 3 aromatic rings. The second-order valence-corrected chi connectivity index (χ2v) is 10.2. The Labute approximate surface area is 203 Å².